The predicted octanol–water partition coefficient (Wildman–Crippen LogP) is -0.140. The normalized spacial score (nSPS) is 21.5. The van der Waals surface area contributed by atoms with Crippen molar-refractivity contribution >= 4 is 5.52 Å². The average Bonchev–Trinajstić information content (AvgIpc) is 3.02. The Morgan fingerprint density at radius 2 is 2.44 bits per heavy atom. The standard InChI is InChI=1S/C12H16N4O2/c13-10(9-2-6-18-8-9)7-15-4-5-16-11(12(15)17)1-3-14-16/h1,3-5,9-10H,2,6-8,13H2. The zero-order valence-corrected chi connectivity index (χ0v) is 10.0. The molecule has 2 atom stereocenters. The van der Waals surface area contributed by atoms with Crippen LogP contribution in [0.1, 0.15) is 6.42 Å². The van der Waals surface area contributed by atoms with Crippen LogP contribution in [0.15, 0.2) is 29.5 Å². The van der Waals surface area contributed by atoms with Crippen LogP contribution in [0, 0.1) is 5.92 Å². The number of fused-ring (bicyclic) bond motifs is 1. The van der Waals surface area contributed by atoms with Crippen molar-refractivity contribution in [2.24, 2.45) is 11.7 Å². The number of aromatic nitrogens is 3. The molecule has 18 heavy (non-hydrogen) atoms. The van der Waals surface area contributed by atoms with Gasteiger partial charge in [0.05, 0.1) is 12.8 Å². The van der Waals surface area contributed by atoms with E-state index in [1.54, 1.807) is 33.7 Å². The van der Waals surface area contributed by atoms with Gasteiger partial charge in [0.25, 0.3) is 5.56 Å². The molecule has 3 heterocycles. The molecule has 0 aromatic carbocycles. The van der Waals surface area contributed by atoms with Crippen LogP contribution in [0.25, 0.3) is 5.52 Å². The summed E-state index contributed by atoms with van der Waals surface area (Å²) >= 11 is 0. The lowest BCUT2D eigenvalue weighted by Gasteiger charge is -2.18. The summed E-state index contributed by atoms with van der Waals surface area (Å²) in [6.07, 6.45) is 6.10. The molecule has 2 unspecified atom stereocenters. The third-order valence-corrected chi connectivity index (χ3v) is 3.52. The highest BCUT2D eigenvalue weighted by Crippen LogP contribution is 2.16. The van der Waals surface area contributed by atoms with E-state index in [9.17, 15) is 4.79 Å². The van der Waals surface area contributed by atoms with E-state index < -0.39 is 0 Å². The van der Waals surface area contributed by atoms with Crippen molar-refractivity contribution in [3.05, 3.63) is 35.0 Å². The second kappa shape index (κ2) is 4.55. The molecule has 2 aromatic rings. The minimum absolute atomic E-state index is 0.0458. The lowest BCUT2D eigenvalue weighted by molar-refractivity contribution is 0.178. The van der Waals surface area contributed by atoms with E-state index >= 15 is 0 Å². The Balaban J connectivity index is 1.85. The summed E-state index contributed by atoms with van der Waals surface area (Å²) in [5.41, 5.74) is 6.66. The van der Waals surface area contributed by atoms with Crippen LogP contribution in [0.3, 0.4) is 0 Å². The van der Waals surface area contributed by atoms with Crippen molar-refractivity contribution in [2.75, 3.05) is 13.2 Å². The molecule has 3 rings (SSSR count). The Hall–Kier alpha value is -1.66. The van der Waals surface area contributed by atoms with Crippen molar-refractivity contribution in [3.8, 4) is 0 Å². The lowest BCUT2D eigenvalue weighted by atomic mass is 10.00. The predicted molar refractivity (Wildman–Crippen MR) is 66.4 cm³/mol. The van der Waals surface area contributed by atoms with Crippen molar-refractivity contribution in [2.45, 2.75) is 19.0 Å². The molecule has 0 spiro atoms. The minimum Gasteiger partial charge on any atom is -0.381 e. The van der Waals surface area contributed by atoms with Crippen LogP contribution in [0.5, 0.6) is 0 Å². The van der Waals surface area contributed by atoms with Gasteiger partial charge < -0.3 is 15.0 Å². The molecule has 1 aliphatic rings. The van der Waals surface area contributed by atoms with Crippen molar-refractivity contribution in [1.82, 2.24) is 14.2 Å². The maximum atomic E-state index is 12.2. The topological polar surface area (TPSA) is 74.5 Å². The molecular weight excluding hydrogens is 232 g/mol. The summed E-state index contributed by atoms with van der Waals surface area (Å²) in [7, 11) is 0. The molecule has 96 valence electrons. The first kappa shape index (κ1) is 11.4. The molecule has 1 saturated heterocycles. The van der Waals surface area contributed by atoms with Gasteiger partial charge in [-0.05, 0) is 12.5 Å². The third kappa shape index (κ3) is 1.93. The van der Waals surface area contributed by atoms with E-state index in [1.807, 2.05) is 0 Å². The largest absolute Gasteiger partial charge is 0.381 e. The van der Waals surface area contributed by atoms with E-state index in [0.29, 0.717) is 24.6 Å². The summed E-state index contributed by atoms with van der Waals surface area (Å²) in [6, 6.07) is 1.67. The molecule has 6 nitrogen and oxygen atoms in total. The summed E-state index contributed by atoms with van der Waals surface area (Å²) in [6.45, 7) is 1.99. The molecule has 0 aliphatic carbocycles. The second-order valence-corrected chi connectivity index (χ2v) is 4.70. The fourth-order valence-corrected chi connectivity index (χ4v) is 2.37. The third-order valence-electron chi connectivity index (χ3n) is 3.52. The SMILES string of the molecule is NC(Cn1ccn2nccc2c1=O)C1CCOC1. The molecule has 0 radical (unpaired) electrons. The Bertz CT molecular complexity index is 597. The summed E-state index contributed by atoms with van der Waals surface area (Å²) < 4.78 is 8.55. The van der Waals surface area contributed by atoms with E-state index in [-0.39, 0.29) is 11.6 Å². The van der Waals surface area contributed by atoms with Crippen LogP contribution in [-0.2, 0) is 11.3 Å². The summed E-state index contributed by atoms with van der Waals surface area (Å²) in [5, 5.41) is 4.03. The van der Waals surface area contributed by atoms with Crippen LogP contribution in [0.2, 0.25) is 0 Å². The zero-order valence-electron chi connectivity index (χ0n) is 10.0. The maximum Gasteiger partial charge on any atom is 0.276 e. The quantitative estimate of drug-likeness (QED) is 0.820. The van der Waals surface area contributed by atoms with Gasteiger partial charge in [-0.25, -0.2) is 4.52 Å². The Labute approximate surface area is 104 Å². The van der Waals surface area contributed by atoms with Crippen molar-refractivity contribution in [3.63, 3.8) is 0 Å². The number of ether oxygens (including phenoxy) is 1. The van der Waals surface area contributed by atoms with Crippen LogP contribution < -0.4 is 11.3 Å². The highest BCUT2D eigenvalue weighted by molar-refractivity contribution is 5.42. The minimum atomic E-state index is -0.0515. The van der Waals surface area contributed by atoms with Gasteiger partial charge in [0.1, 0.15) is 5.52 Å². The molecular formula is C12H16N4O2. The van der Waals surface area contributed by atoms with Crippen LogP contribution >= 0.6 is 0 Å². The summed E-state index contributed by atoms with van der Waals surface area (Å²) in [4.78, 5) is 12.2. The Kier molecular flexibility index (Phi) is 2.89. The van der Waals surface area contributed by atoms with Gasteiger partial charge in [-0.15, -0.1) is 0 Å². The fraction of sp³-hybridized carbons (Fsp3) is 0.500. The molecule has 0 amide bonds. The molecule has 2 aromatic heterocycles. The first-order valence-corrected chi connectivity index (χ1v) is 6.12. The first-order chi connectivity index (χ1) is 8.75. The van der Waals surface area contributed by atoms with Gasteiger partial charge in [-0.2, -0.15) is 5.10 Å². The molecule has 0 bridgehead atoms. The second-order valence-electron chi connectivity index (χ2n) is 4.70. The number of hydrogen-bond donors (Lipinski definition) is 1. The molecule has 1 aliphatic heterocycles. The number of nitrogens with two attached hydrogens (primary N) is 1. The monoisotopic (exact) mass is 248 g/mol. The van der Waals surface area contributed by atoms with E-state index in [2.05, 4.69) is 5.10 Å². The van der Waals surface area contributed by atoms with Gasteiger partial charge in [-0.3, -0.25) is 4.79 Å². The number of nitrogens with zero attached hydrogens (tertiary/aromatic N) is 3. The average molecular weight is 248 g/mol. The molecule has 1 fully saturated rings. The van der Waals surface area contributed by atoms with Gasteiger partial charge >= 0.3 is 0 Å². The van der Waals surface area contributed by atoms with E-state index in [4.69, 9.17) is 10.5 Å². The van der Waals surface area contributed by atoms with E-state index in [1.165, 1.54) is 0 Å². The maximum absolute atomic E-state index is 12.2. The lowest BCUT2D eigenvalue weighted by Crippen LogP contribution is -2.38. The van der Waals surface area contributed by atoms with Gasteiger partial charge in [0.2, 0.25) is 0 Å². The van der Waals surface area contributed by atoms with Crippen LogP contribution in [0.4, 0.5) is 0 Å². The molecule has 6 heteroatoms. The van der Waals surface area contributed by atoms with Gasteiger partial charge in [-0.1, -0.05) is 0 Å². The zero-order chi connectivity index (χ0) is 12.5. The summed E-state index contributed by atoms with van der Waals surface area (Å²) in [5.74, 6) is 0.345. The van der Waals surface area contributed by atoms with Gasteiger partial charge in [0, 0.05) is 37.5 Å². The van der Waals surface area contributed by atoms with Crippen LogP contribution in [-0.4, -0.2) is 33.4 Å². The van der Waals surface area contributed by atoms with Crippen molar-refractivity contribution in [1.29, 1.82) is 0 Å². The fourth-order valence-electron chi connectivity index (χ4n) is 2.37. The van der Waals surface area contributed by atoms with Crippen molar-refractivity contribution < 1.29 is 4.74 Å². The van der Waals surface area contributed by atoms with Gasteiger partial charge in [0.15, 0.2) is 0 Å². The Morgan fingerprint density at radius 1 is 1.56 bits per heavy atom. The highest BCUT2D eigenvalue weighted by Gasteiger charge is 2.23. The highest BCUT2D eigenvalue weighted by atomic mass is 16.5. The number of rotatable bonds is 3. The first-order valence-electron chi connectivity index (χ1n) is 6.12. The number of hydrogen-bond acceptors (Lipinski definition) is 4. The smallest absolute Gasteiger partial charge is 0.276 e. The van der Waals surface area contributed by atoms with E-state index in [0.717, 1.165) is 13.0 Å². The molecule has 0 saturated carbocycles. The Morgan fingerprint density at radius 3 is 3.22 bits per heavy atom. The molecule has 2 N–H and O–H groups in total.